The zero-order valence-electron chi connectivity index (χ0n) is 10.9. The van der Waals surface area contributed by atoms with E-state index in [2.05, 4.69) is 9.97 Å². The smallest absolute Gasteiger partial charge is 0.254 e. The van der Waals surface area contributed by atoms with Gasteiger partial charge in [0.1, 0.15) is 17.5 Å². The van der Waals surface area contributed by atoms with Crippen LogP contribution in [0.1, 0.15) is 31.2 Å². The first kappa shape index (κ1) is 13.4. The SMILES string of the molecule is Cc1c(-c2cc(F)cc(F)c2)nc(C(C)C)[nH]c1=O. The number of H-pyrrole nitrogens is 1. The minimum Gasteiger partial charge on any atom is -0.310 e. The van der Waals surface area contributed by atoms with Gasteiger partial charge in [-0.3, -0.25) is 4.79 Å². The van der Waals surface area contributed by atoms with Crippen molar-refractivity contribution in [2.75, 3.05) is 0 Å². The van der Waals surface area contributed by atoms with Gasteiger partial charge in [-0.25, -0.2) is 13.8 Å². The van der Waals surface area contributed by atoms with Gasteiger partial charge < -0.3 is 4.98 Å². The van der Waals surface area contributed by atoms with Crippen LogP contribution in [0.15, 0.2) is 23.0 Å². The molecule has 19 heavy (non-hydrogen) atoms. The minimum absolute atomic E-state index is 0.0189. The van der Waals surface area contributed by atoms with Gasteiger partial charge in [-0.15, -0.1) is 0 Å². The molecular formula is C14H14F2N2O. The van der Waals surface area contributed by atoms with Gasteiger partial charge in [-0.1, -0.05) is 13.8 Å². The van der Waals surface area contributed by atoms with Crippen molar-refractivity contribution in [3.05, 3.63) is 51.6 Å². The molecule has 1 heterocycles. The second-order valence-electron chi connectivity index (χ2n) is 4.74. The van der Waals surface area contributed by atoms with Crippen LogP contribution >= 0.6 is 0 Å². The van der Waals surface area contributed by atoms with Gasteiger partial charge in [0.15, 0.2) is 0 Å². The molecule has 2 aromatic rings. The lowest BCUT2D eigenvalue weighted by molar-refractivity contribution is 0.584. The van der Waals surface area contributed by atoms with Gasteiger partial charge in [-0.05, 0) is 19.1 Å². The highest BCUT2D eigenvalue weighted by atomic mass is 19.1. The normalized spacial score (nSPS) is 11.1. The molecule has 0 spiro atoms. The first-order valence-corrected chi connectivity index (χ1v) is 5.95. The van der Waals surface area contributed by atoms with Crippen LogP contribution < -0.4 is 5.56 Å². The van der Waals surface area contributed by atoms with E-state index in [1.54, 1.807) is 6.92 Å². The molecule has 1 N–H and O–H groups in total. The van der Waals surface area contributed by atoms with Crippen molar-refractivity contribution in [2.24, 2.45) is 0 Å². The van der Waals surface area contributed by atoms with Crippen LogP contribution in [0.2, 0.25) is 0 Å². The zero-order valence-corrected chi connectivity index (χ0v) is 10.9. The van der Waals surface area contributed by atoms with E-state index >= 15 is 0 Å². The maximum absolute atomic E-state index is 13.3. The standard InChI is InChI=1S/C14H14F2N2O/c1-7(2)13-17-12(8(3)14(19)18-13)9-4-10(15)6-11(16)5-9/h4-7H,1-3H3,(H,17,18,19). The lowest BCUT2D eigenvalue weighted by Gasteiger charge is -2.10. The molecule has 2 rings (SSSR count). The van der Waals surface area contributed by atoms with Gasteiger partial charge >= 0.3 is 0 Å². The van der Waals surface area contributed by atoms with E-state index in [0.29, 0.717) is 17.1 Å². The average Bonchev–Trinajstić information content (AvgIpc) is 2.30. The number of nitrogens with one attached hydrogen (secondary N) is 1. The molecule has 1 aromatic carbocycles. The van der Waals surface area contributed by atoms with Crippen molar-refractivity contribution in [3.63, 3.8) is 0 Å². The first-order valence-electron chi connectivity index (χ1n) is 5.95. The Morgan fingerprint density at radius 3 is 2.26 bits per heavy atom. The topological polar surface area (TPSA) is 45.8 Å². The van der Waals surface area contributed by atoms with Crippen LogP contribution in [0.4, 0.5) is 8.78 Å². The number of aromatic amines is 1. The number of benzene rings is 1. The Bertz CT molecular complexity index is 657. The predicted molar refractivity (Wildman–Crippen MR) is 69.0 cm³/mol. The van der Waals surface area contributed by atoms with Gasteiger partial charge in [0.25, 0.3) is 5.56 Å². The van der Waals surface area contributed by atoms with E-state index in [1.807, 2.05) is 13.8 Å². The molecular weight excluding hydrogens is 250 g/mol. The lowest BCUT2D eigenvalue weighted by Crippen LogP contribution is -2.17. The number of hydrogen-bond donors (Lipinski definition) is 1. The molecule has 0 aliphatic heterocycles. The molecule has 0 bridgehead atoms. The van der Waals surface area contributed by atoms with Gasteiger partial charge in [0, 0.05) is 23.1 Å². The Morgan fingerprint density at radius 1 is 1.16 bits per heavy atom. The van der Waals surface area contributed by atoms with Crippen molar-refractivity contribution in [2.45, 2.75) is 26.7 Å². The largest absolute Gasteiger partial charge is 0.310 e. The molecule has 0 unspecified atom stereocenters. The summed E-state index contributed by atoms with van der Waals surface area (Å²) in [5, 5.41) is 0. The Balaban J connectivity index is 2.70. The van der Waals surface area contributed by atoms with Crippen LogP contribution in [0.5, 0.6) is 0 Å². The van der Waals surface area contributed by atoms with E-state index in [4.69, 9.17) is 0 Å². The summed E-state index contributed by atoms with van der Waals surface area (Å²) in [6.45, 7) is 5.33. The van der Waals surface area contributed by atoms with Crippen LogP contribution in [0.3, 0.4) is 0 Å². The molecule has 3 nitrogen and oxygen atoms in total. The second kappa shape index (κ2) is 4.91. The second-order valence-corrected chi connectivity index (χ2v) is 4.74. The number of nitrogens with zero attached hydrogens (tertiary/aromatic N) is 1. The van der Waals surface area contributed by atoms with Gasteiger partial charge in [-0.2, -0.15) is 0 Å². The van der Waals surface area contributed by atoms with E-state index in [1.165, 1.54) is 12.1 Å². The highest BCUT2D eigenvalue weighted by Gasteiger charge is 2.13. The maximum atomic E-state index is 13.3. The van der Waals surface area contributed by atoms with E-state index in [-0.39, 0.29) is 17.0 Å². The van der Waals surface area contributed by atoms with Crippen molar-refractivity contribution in [1.82, 2.24) is 9.97 Å². The first-order chi connectivity index (χ1) is 8.88. The summed E-state index contributed by atoms with van der Waals surface area (Å²) < 4.78 is 26.5. The predicted octanol–water partition coefficient (Wildman–Crippen LogP) is 3.15. The van der Waals surface area contributed by atoms with Gasteiger partial charge in [0.2, 0.25) is 0 Å². The van der Waals surface area contributed by atoms with Crippen LogP contribution in [-0.2, 0) is 0 Å². The fourth-order valence-electron chi connectivity index (χ4n) is 1.79. The molecule has 100 valence electrons. The van der Waals surface area contributed by atoms with E-state index in [0.717, 1.165) is 6.07 Å². The highest BCUT2D eigenvalue weighted by Crippen LogP contribution is 2.22. The molecule has 0 saturated carbocycles. The number of aromatic nitrogens is 2. The summed E-state index contributed by atoms with van der Waals surface area (Å²) in [5.74, 6) is -0.870. The molecule has 0 fully saturated rings. The third kappa shape index (κ3) is 2.70. The van der Waals surface area contributed by atoms with E-state index < -0.39 is 11.6 Å². The molecule has 0 aliphatic rings. The van der Waals surface area contributed by atoms with Gasteiger partial charge in [0.05, 0.1) is 5.69 Å². The zero-order chi connectivity index (χ0) is 14.2. The molecule has 1 aromatic heterocycles. The number of halogens is 2. The minimum atomic E-state index is -0.692. The summed E-state index contributed by atoms with van der Waals surface area (Å²) in [6.07, 6.45) is 0. The summed E-state index contributed by atoms with van der Waals surface area (Å²) in [4.78, 5) is 18.8. The quantitative estimate of drug-likeness (QED) is 0.905. The fraction of sp³-hybridized carbons (Fsp3) is 0.286. The van der Waals surface area contributed by atoms with Crippen molar-refractivity contribution >= 4 is 0 Å². The number of rotatable bonds is 2. The molecule has 0 aliphatic carbocycles. The average molecular weight is 264 g/mol. The third-order valence-electron chi connectivity index (χ3n) is 2.85. The van der Waals surface area contributed by atoms with Crippen LogP contribution in [0, 0.1) is 18.6 Å². The molecule has 0 saturated heterocycles. The Hall–Kier alpha value is -2.04. The Morgan fingerprint density at radius 2 is 1.74 bits per heavy atom. The van der Waals surface area contributed by atoms with Crippen molar-refractivity contribution < 1.29 is 8.78 Å². The molecule has 0 amide bonds. The monoisotopic (exact) mass is 264 g/mol. The molecule has 0 atom stereocenters. The fourth-order valence-corrected chi connectivity index (χ4v) is 1.79. The highest BCUT2D eigenvalue weighted by molar-refractivity contribution is 5.62. The van der Waals surface area contributed by atoms with Crippen LogP contribution in [-0.4, -0.2) is 9.97 Å². The third-order valence-corrected chi connectivity index (χ3v) is 2.85. The van der Waals surface area contributed by atoms with Crippen molar-refractivity contribution in [3.8, 4) is 11.3 Å². The Kier molecular flexibility index (Phi) is 3.46. The lowest BCUT2D eigenvalue weighted by atomic mass is 10.1. The van der Waals surface area contributed by atoms with E-state index in [9.17, 15) is 13.6 Å². The van der Waals surface area contributed by atoms with Crippen LogP contribution in [0.25, 0.3) is 11.3 Å². The number of hydrogen-bond acceptors (Lipinski definition) is 2. The molecule has 5 heteroatoms. The summed E-state index contributed by atoms with van der Waals surface area (Å²) in [5.41, 5.74) is 0.626. The summed E-state index contributed by atoms with van der Waals surface area (Å²) in [6, 6.07) is 3.12. The maximum Gasteiger partial charge on any atom is 0.254 e. The Labute approximate surface area is 109 Å². The summed E-state index contributed by atoms with van der Waals surface area (Å²) >= 11 is 0. The molecule has 0 radical (unpaired) electrons. The van der Waals surface area contributed by atoms with Crippen molar-refractivity contribution in [1.29, 1.82) is 0 Å². The summed E-state index contributed by atoms with van der Waals surface area (Å²) in [7, 11) is 0.